The molecule has 0 aromatic carbocycles. The van der Waals surface area contributed by atoms with E-state index >= 15 is 0 Å². The van der Waals surface area contributed by atoms with Gasteiger partial charge in [-0.05, 0) is 30.8 Å². The fraction of sp³-hybridized carbons (Fsp3) is 1.00. The summed E-state index contributed by atoms with van der Waals surface area (Å²) in [7, 11) is 0. The van der Waals surface area contributed by atoms with Crippen molar-refractivity contribution in [3.05, 3.63) is 0 Å². The average molecular weight is 182 g/mol. The minimum atomic E-state index is 0.945. The average Bonchev–Trinajstić information content (AvgIpc) is 2.65. The maximum Gasteiger partial charge on any atom is 0.0594 e. The zero-order valence-electron chi connectivity index (χ0n) is 8.04. The van der Waals surface area contributed by atoms with Crippen molar-refractivity contribution in [3.63, 3.8) is 0 Å². The standard InChI is InChI=1S/C10H18N2O/c1-3-13-4-2-12(1)7-10-8-5-11-6-9(8)10/h8-11H,1-7H2/t8-,9+,10+. The number of nitrogens with one attached hydrogen (secondary N) is 1. The molecule has 13 heavy (non-hydrogen) atoms. The second-order valence-electron chi connectivity index (χ2n) is 4.56. The van der Waals surface area contributed by atoms with Gasteiger partial charge in [0.25, 0.3) is 0 Å². The molecule has 2 saturated heterocycles. The van der Waals surface area contributed by atoms with Gasteiger partial charge in [0, 0.05) is 19.6 Å². The van der Waals surface area contributed by atoms with Crippen LogP contribution < -0.4 is 5.32 Å². The normalized spacial score (nSPS) is 44.8. The van der Waals surface area contributed by atoms with Crippen molar-refractivity contribution >= 4 is 0 Å². The Morgan fingerprint density at radius 1 is 1.15 bits per heavy atom. The second kappa shape index (κ2) is 3.23. The van der Waals surface area contributed by atoms with Crippen LogP contribution in [-0.2, 0) is 4.74 Å². The first-order chi connectivity index (χ1) is 6.45. The summed E-state index contributed by atoms with van der Waals surface area (Å²) in [6.07, 6.45) is 0. The Morgan fingerprint density at radius 3 is 2.54 bits per heavy atom. The number of piperidine rings is 1. The van der Waals surface area contributed by atoms with Gasteiger partial charge in [-0.1, -0.05) is 0 Å². The van der Waals surface area contributed by atoms with Crippen molar-refractivity contribution in [2.75, 3.05) is 45.9 Å². The molecule has 0 aromatic heterocycles. The lowest BCUT2D eigenvalue weighted by molar-refractivity contribution is 0.0343. The Morgan fingerprint density at radius 2 is 1.85 bits per heavy atom. The summed E-state index contributed by atoms with van der Waals surface area (Å²) in [5.41, 5.74) is 0. The largest absolute Gasteiger partial charge is 0.379 e. The van der Waals surface area contributed by atoms with Crippen LogP contribution in [-0.4, -0.2) is 50.8 Å². The molecule has 3 heteroatoms. The van der Waals surface area contributed by atoms with E-state index < -0.39 is 0 Å². The monoisotopic (exact) mass is 182 g/mol. The molecule has 3 nitrogen and oxygen atoms in total. The molecule has 3 aliphatic rings. The van der Waals surface area contributed by atoms with E-state index in [2.05, 4.69) is 10.2 Å². The quantitative estimate of drug-likeness (QED) is 0.639. The predicted molar refractivity (Wildman–Crippen MR) is 50.6 cm³/mol. The summed E-state index contributed by atoms with van der Waals surface area (Å²) in [6.45, 7) is 8.09. The third kappa shape index (κ3) is 1.49. The number of fused-ring (bicyclic) bond motifs is 1. The van der Waals surface area contributed by atoms with Crippen LogP contribution in [0.25, 0.3) is 0 Å². The Labute approximate surface area is 79.4 Å². The molecule has 0 amide bonds. The lowest BCUT2D eigenvalue weighted by Gasteiger charge is -2.27. The predicted octanol–water partition coefficient (Wildman–Crippen LogP) is -0.216. The maximum absolute atomic E-state index is 5.34. The van der Waals surface area contributed by atoms with E-state index in [0.29, 0.717) is 0 Å². The van der Waals surface area contributed by atoms with Crippen molar-refractivity contribution in [1.29, 1.82) is 0 Å². The van der Waals surface area contributed by atoms with Crippen molar-refractivity contribution in [2.24, 2.45) is 17.8 Å². The summed E-state index contributed by atoms with van der Waals surface area (Å²) < 4.78 is 5.34. The molecule has 3 rings (SSSR count). The molecule has 1 saturated carbocycles. The molecule has 2 heterocycles. The van der Waals surface area contributed by atoms with E-state index in [1.54, 1.807) is 0 Å². The van der Waals surface area contributed by atoms with Gasteiger partial charge in [0.2, 0.25) is 0 Å². The lowest BCUT2D eigenvalue weighted by atomic mass is 10.2. The molecule has 0 spiro atoms. The fourth-order valence-electron chi connectivity index (χ4n) is 2.90. The summed E-state index contributed by atoms with van der Waals surface area (Å²) in [4.78, 5) is 2.58. The Balaban J connectivity index is 1.47. The van der Waals surface area contributed by atoms with Gasteiger partial charge >= 0.3 is 0 Å². The van der Waals surface area contributed by atoms with Crippen molar-refractivity contribution in [2.45, 2.75) is 0 Å². The van der Waals surface area contributed by atoms with E-state index in [4.69, 9.17) is 4.74 Å². The minimum absolute atomic E-state index is 0.945. The van der Waals surface area contributed by atoms with Gasteiger partial charge in [-0.15, -0.1) is 0 Å². The fourth-order valence-corrected chi connectivity index (χ4v) is 2.90. The van der Waals surface area contributed by atoms with Crippen molar-refractivity contribution < 1.29 is 4.74 Å². The Bertz CT molecular complexity index is 181. The summed E-state index contributed by atoms with van der Waals surface area (Å²) in [5.74, 6) is 3.05. The molecule has 0 radical (unpaired) electrons. The molecule has 74 valence electrons. The molecule has 3 atom stereocenters. The van der Waals surface area contributed by atoms with Gasteiger partial charge in [-0.25, -0.2) is 0 Å². The first kappa shape index (κ1) is 8.21. The molecule has 0 unspecified atom stereocenters. The highest BCUT2D eigenvalue weighted by Gasteiger charge is 2.52. The van der Waals surface area contributed by atoms with Gasteiger partial charge in [-0.3, -0.25) is 4.90 Å². The smallest absolute Gasteiger partial charge is 0.0594 e. The van der Waals surface area contributed by atoms with Crippen LogP contribution in [0.3, 0.4) is 0 Å². The van der Waals surface area contributed by atoms with Crippen molar-refractivity contribution in [1.82, 2.24) is 10.2 Å². The molecule has 0 aromatic rings. The molecular weight excluding hydrogens is 164 g/mol. The molecule has 0 bridgehead atoms. The number of morpholine rings is 1. The van der Waals surface area contributed by atoms with Crippen LogP contribution >= 0.6 is 0 Å². The SMILES string of the molecule is C1CN(C[C@H]2[C@@H]3CNC[C@@H]32)CCO1. The number of nitrogens with zero attached hydrogens (tertiary/aromatic N) is 1. The molecule has 1 aliphatic carbocycles. The summed E-state index contributed by atoms with van der Waals surface area (Å²) in [5, 5.41) is 3.45. The van der Waals surface area contributed by atoms with Gasteiger partial charge in [0.05, 0.1) is 13.2 Å². The van der Waals surface area contributed by atoms with E-state index in [0.717, 1.165) is 44.1 Å². The minimum Gasteiger partial charge on any atom is -0.379 e. The number of hydrogen-bond acceptors (Lipinski definition) is 3. The van der Waals surface area contributed by atoms with E-state index in [1.165, 1.54) is 19.6 Å². The summed E-state index contributed by atoms with van der Waals surface area (Å²) >= 11 is 0. The van der Waals surface area contributed by atoms with E-state index in [1.807, 2.05) is 0 Å². The number of rotatable bonds is 2. The van der Waals surface area contributed by atoms with Crippen LogP contribution in [0.15, 0.2) is 0 Å². The molecule has 3 fully saturated rings. The first-order valence-corrected chi connectivity index (χ1v) is 5.46. The Kier molecular flexibility index (Phi) is 2.04. The van der Waals surface area contributed by atoms with E-state index in [-0.39, 0.29) is 0 Å². The topological polar surface area (TPSA) is 24.5 Å². The third-order valence-corrected chi connectivity index (χ3v) is 3.84. The van der Waals surface area contributed by atoms with Crippen molar-refractivity contribution in [3.8, 4) is 0 Å². The van der Waals surface area contributed by atoms with Gasteiger partial charge in [0.1, 0.15) is 0 Å². The van der Waals surface area contributed by atoms with Crippen LogP contribution in [0.4, 0.5) is 0 Å². The lowest BCUT2D eigenvalue weighted by Crippen LogP contribution is -2.38. The number of hydrogen-bond donors (Lipinski definition) is 1. The number of ether oxygens (including phenoxy) is 1. The highest BCUT2D eigenvalue weighted by atomic mass is 16.5. The highest BCUT2D eigenvalue weighted by molar-refractivity contribution is 5.04. The van der Waals surface area contributed by atoms with Crippen LogP contribution in [0.1, 0.15) is 0 Å². The molecule has 2 aliphatic heterocycles. The Hall–Kier alpha value is -0.120. The van der Waals surface area contributed by atoms with Crippen LogP contribution in [0.2, 0.25) is 0 Å². The van der Waals surface area contributed by atoms with Gasteiger partial charge in [-0.2, -0.15) is 0 Å². The third-order valence-electron chi connectivity index (χ3n) is 3.84. The summed E-state index contributed by atoms with van der Waals surface area (Å²) in [6, 6.07) is 0. The maximum atomic E-state index is 5.34. The van der Waals surface area contributed by atoms with Gasteiger partial charge < -0.3 is 10.1 Å². The first-order valence-electron chi connectivity index (χ1n) is 5.46. The zero-order chi connectivity index (χ0) is 8.67. The van der Waals surface area contributed by atoms with Crippen LogP contribution in [0, 0.1) is 17.8 Å². The molecular formula is C10H18N2O. The van der Waals surface area contributed by atoms with Gasteiger partial charge in [0.15, 0.2) is 0 Å². The van der Waals surface area contributed by atoms with Crippen LogP contribution in [0.5, 0.6) is 0 Å². The molecule has 1 N–H and O–H groups in total. The zero-order valence-corrected chi connectivity index (χ0v) is 8.04. The second-order valence-corrected chi connectivity index (χ2v) is 4.56. The van der Waals surface area contributed by atoms with E-state index in [9.17, 15) is 0 Å². The highest BCUT2D eigenvalue weighted by Crippen LogP contribution is 2.48.